The molecule has 0 bridgehead atoms. The summed E-state index contributed by atoms with van der Waals surface area (Å²) < 4.78 is 5.01. The van der Waals surface area contributed by atoms with E-state index in [4.69, 9.17) is 16.3 Å². The van der Waals surface area contributed by atoms with Crippen LogP contribution in [-0.2, 0) is 6.54 Å². The van der Waals surface area contributed by atoms with Gasteiger partial charge in [-0.15, -0.1) is 0 Å². The van der Waals surface area contributed by atoms with Gasteiger partial charge in [0, 0.05) is 47.1 Å². The molecule has 0 saturated heterocycles. The van der Waals surface area contributed by atoms with E-state index < -0.39 is 0 Å². The number of H-pyrrole nitrogens is 1. The number of ether oxygens (including phenoxy) is 1. The summed E-state index contributed by atoms with van der Waals surface area (Å²) in [5.41, 5.74) is 3.72. The molecule has 2 aromatic carbocycles. The number of halogens is 1. The molecule has 0 fully saturated rings. The Morgan fingerprint density at radius 3 is 2.77 bits per heavy atom. The number of hydrogen-bond donors (Lipinski definition) is 2. The summed E-state index contributed by atoms with van der Waals surface area (Å²) in [7, 11) is 3.19. The number of aryl methyl sites for hydroxylation is 1. The molecular formula is C26H24ClN5O3. The van der Waals surface area contributed by atoms with Gasteiger partial charge in [0.15, 0.2) is 0 Å². The molecular weight excluding hydrogens is 466 g/mol. The molecule has 35 heavy (non-hydrogen) atoms. The molecule has 2 aromatic heterocycles. The van der Waals surface area contributed by atoms with Gasteiger partial charge in [-0.05, 0) is 48.4 Å². The minimum Gasteiger partial charge on any atom is -0.467 e. The van der Waals surface area contributed by atoms with E-state index >= 15 is 0 Å². The fourth-order valence-corrected chi connectivity index (χ4v) is 3.83. The molecule has 4 aromatic rings. The summed E-state index contributed by atoms with van der Waals surface area (Å²) in [5, 5.41) is 4.43. The van der Waals surface area contributed by atoms with Crippen LogP contribution >= 0.6 is 11.6 Å². The van der Waals surface area contributed by atoms with Crippen LogP contribution in [0.15, 0.2) is 66.1 Å². The van der Waals surface area contributed by atoms with Crippen molar-refractivity contribution >= 4 is 39.9 Å². The fraction of sp³-hybridized carbons (Fsp3) is 0.154. The van der Waals surface area contributed by atoms with Crippen molar-refractivity contribution in [3.8, 4) is 6.01 Å². The number of carbonyl (C=O) groups excluding carboxylic acids is 1. The fourth-order valence-electron chi connectivity index (χ4n) is 3.62. The third-order valence-electron chi connectivity index (χ3n) is 5.50. The Hall–Kier alpha value is -4.17. The summed E-state index contributed by atoms with van der Waals surface area (Å²) in [6.07, 6.45) is 1.56. The Bertz CT molecular complexity index is 1500. The lowest BCUT2D eigenvalue weighted by molar-refractivity contribution is 0.0785. The molecule has 0 atom stereocenters. The second-order valence-corrected chi connectivity index (χ2v) is 8.53. The second-order valence-electron chi connectivity index (χ2n) is 8.10. The van der Waals surface area contributed by atoms with E-state index in [9.17, 15) is 9.59 Å². The maximum absolute atomic E-state index is 13.1. The predicted molar refractivity (Wildman–Crippen MR) is 138 cm³/mol. The van der Waals surface area contributed by atoms with Gasteiger partial charge in [0.05, 0.1) is 12.7 Å². The van der Waals surface area contributed by atoms with Crippen LogP contribution in [0.25, 0.3) is 16.7 Å². The van der Waals surface area contributed by atoms with Crippen LogP contribution in [0.5, 0.6) is 6.01 Å². The molecule has 8 nitrogen and oxygen atoms in total. The molecule has 0 saturated carbocycles. The summed E-state index contributed by atoms with van der Waals surface area (Å²) in [6.45, 7) is 6.36. The smallest absolute Gasteiger partial charge is 0.318 e. The number of hydrogen-bond acceptors (Lipinski definition) is 6. The summed E-state index contributed by atoms with van der Waals surface area (Å²) in [6, 6.07) is 14.6. The lowest BCUT2D eigenvalue weighted by Gasteiger charge is -2.19. The molecule has 1 amide bonds. The van der Waals surface area contributed by atoms with Crippen LogP contribution in [0.3, 0.4) is 0 Å². The van der Waals surface area contributed by atoms with Gasteiger partial charge in [0.25, 0.3) is 11.5 Å². The van der Waals surface area contributed by atoms with Crippen LogP contribution in [-0.4, -0.2) is 39.9 Å². The van der Waals surface area contributed by atoms with Crippen molar-refractivity contribution in [1.82, 2.24) is 19.9 Å². The van der Waals surface area contributed by atoms with E-state index in [1.54, 1.807) is 42.4 Å². The molecule has 0 aliphatic rings. The first-order valence-corrected chi connectivity index (χ1v) is 11.1. The number of aromatic amines is 1. The number of anilines is 1. The number of nitrogens with zero attached hydrogens (tertiary/aromatic N) is 3. The van der Waals surface area contributed by atoms with Crippen LogP contribution < -0.4 is 15.6 Å². The summed E-state index contributed by atoms with van der Waals surface area (Å²) in [5.74, 6) is -0.145. The second kappa shape index (κ2) is 9.99. The average Bonchev–Trinajstić information content (AvgIpc) is 2.84. The van der Waals surface area contributed by atoms with Crippen LogP contribution in [0.4, 0.5) is 5.69 Å². The Balaban J connectivity index is 1.56. The third-order valence-corrected chi connectivity index (χ3v) is 5.74. The summed E-state index contributed by atoms with van der Waals surface area (Å²) >= 11 is 6.06. The molecule has 9 heteroatoms. The predicted octanol–water partition coefficient (Wildman–Crippen LogP) is 4.64. The monoisotopic (exact) mass is 489 g/mol. The maximum Gasteiger partial charge on any atom is 0.318 e. The Kier molecular flexibility index (Phi) is 6.84. The first kappa shape index (κ1) is 24.0. The van der Waals surface area contributed by atoms with Gasteiger partial charge in [-0.1, -0.05) is 36.4 Å². The van der Waals surface area contributed by atoms with Gasteiger partial charge in [-0.3, -0.25) is 9.59 Å². The van der Waals surface area contributed by atoms with Gasteiger partial charge >= 0.3 is 6.01 Å². The molecule has 4 rings (SSSR count). The Morgan fingerprint density at radius 2 is 2.03 bits per heavy atom. The average molecular weight is 490 g/mol. The highest BCUT2D eigenvalue weighted by molar-refractivity contribution is 6.30. The molecule has 178 valence electrons. The minimum atomic E-state index is -0.359. The van der Waals surface area contributed by atoms with E-state index in [1.165, 1.54) is 7.11 Å². The number of aromatic nitrogens is 3. The van der Waals surface area contributed by atoms with Gasteiger partial charge in [0.2, 0.25) is 0 Å². The largest absolute Gasteiger partial charge is 0.467 e. The van der Waals surface area contributed by atoms with E-state index in [0.717, 1.165) is 11.1 Å². The van der Waals surface area contributed by atoms with E-state index in [1.807, 2.05) is 31.2 Å². The van der Waals surface area contributed by atoms with Crippen molar-refractivity contribution in [2.24, 2.45) is 0 Å². The van der Waals surface area contributed by atoms with E-state index in [-0.39, 0.29) is 17.5 Å². The SMILES string of the molecule is C=C(Nc1cc(C(=O)N(C)Cc2cccc(Cl)c2)ccc1C)c1cc2cnc(OC)nc2[nH]c1=O. The van der Waals surface area contributed by atoms with Crippen LogP contribution in [0.1, 0.15) is 27.0 Å². The van der Waals surface area contributed by atoms with Crippen molar-refractivity contribution in [2.75, 3.05) is 19.5 Å². The van der Waals surface area contributed by atoms with Crippen molar-refractivity contribution in [2.45, 2.75) is 13.5 Å². The molecule has 2 N–H and O–H groups in total. The van der Waals surface area contributed by atoms with Gasteiger partial charge in [-0.2, -0.15) is 4.98 Å². The zero-order chi connectivity index (χ0) is 25.1. The third kappa shape index (κ3) is 5.33. The highest BCUT2D eigenvalue weighted by Crippen LogP contribution is 2.23. The first-order chi connectivity index (χ1) is 16.7. The van der Waals surface area contributed by atoms with Crippen molar-refractivity contribution in [3.63, 3.8) is 0 Å². The Labute approximate surface area is 207 Å². The zero-order valence-electron chi connectivity index (χ0n) is 19.6. The quantitative estimate of drug-likeness (QED) is 0.392. The topological polar surface area (TPSA) is 100 Å². The maximum atomic E-state index is 13.1. The van der Waals surface area contributed by atoms with Crippen molar-refractivity contribution < 1.29 is 9.53 Å². The van der Waals surface area contributed by atoms with Crippen LogP contribution in [0.2, 0.25) is 5.02 Å². The number of methoxy groups -OCH3 is 1. The number of fused-ring (bicyclic) bond motifs is 1. The molecule has 0 aliphatic heterocycles. The first-order valence-electron chi connectivity index (χ1n) is 10.8. The number of nitrogens with one attached hydrogen (secondary N) is 2. The number of pyridine rings is 1. The molecule has 0 spiro atoms. The lowest BCUT2D eigenvalue weighted by Crippen LogP contribution is -2.26. The standard InChI is InChI=1S/C26H24ClN5O3/c1-15-8-9-18(25(34)32(3)14-17-6-5-7-20(27)10-17)12-22(15)29-16(2)21-11-19-13-28-26(35-4)31-23(19)30-24(21)33/h5-13,29H,2,14H2,1,3-4H3,(H,28,30,31,33). The van der Waals surface area contributed by atoms with Gasteiger partial charge in [-0.25, -0.2) is 4.98 Å². The molecule has 2 heterocycles. The Morgan fingerprint density at radius 1 is 1.23 bits per heavy atom. The summed E-state index contributed by atoms with van der Waals surface area (Å²) in [4.78, 5) is 38.3. The normalized spacial score (nSPS) is 10.7. The molecule has 0 radical (unpaired) electrons. The van der Waals surface area contributed by atoms with Gasteiger partial charge < -0.3 is 19.9 Å². The highest BCUT2D eigenvalue weighted by Gasteiger charge is 2.15. The van der Waals surface area contributed by atoms with E-state index in [0.29, 0.717) is 45.1 Å². The number of amides is 1. The zero-order valence-corrected chi connectivity index (χ0v) is 20.3. The minimum absolute atomic E-state index is 0.145. The molecule has 0 aliphatic carbocycles. The molecule has 0 unspecified atom stereocenters. The van der Waals surface area contributed by atoms with Crippen molar-refractivity contribution in [3.05, 3.63) is 98.9 Å². The number of carbonyl (C=O) groups is 1. The van der Waals surface area contributed by atoms with Crippen LogP contribution in [0, 0.1) is 6.92 Å². The number of benzene rings is 2. The van der Waals surface area contributed by atoms with E-state index in [2.05, 4.69) is 26.8 Å². The highest BCUT2D eigenvalue weighted by atomic mass is 35.5. The van der Waals surface area contributed by atoms with Crippen molar-refractivity contribution in [1.29, 1.82) is 0 Å². The number of rotatable bonds is 7. The van der Waals surface area contributed by atoms with Gasteiger partial charge in [0.1, 0.15) is 5.65 Å². The lowest BCUT2D eigenvalue weighted by atomic mass is 10.1.